The van der Waals surface area contributed by atoms with Crippen molar-refractivity contribution in [3.63, 3.8) is 0 Å². The topological polar surface area (TPSA) is 26.3 Å². The van der Waals surface area contributed by atoms with E-state index in [1.54, 1.807) is 0 Å². The lowest BCUT2D eigenvalue weighted by Crippen LogP contribution is -1.91. The lowest BCUT2D eigenvalue weighted by atomic mass is 9.84. The standard InChI is InChI=1S/C52H32O2/c1-2-17-37-34(14-1)15-12-24-40(37)52-43-21-5-3-19-41(43)50(42-20-4-6-22-44(42)52)35-16-11-13-33(31-35)27-30-48-51(45-23-8-10-26-47(45)53-48)36-28-29-39-38-18-7-9-25-46(38)54-49(39)32-36/h1-32H/b30-27+. The van der Waals surface area contributed by atoms with Crippen LogP contribution in [0.5, 0.6) is 0 Å². The van der Waals surface area contributed by atoms with Crippen LogP contribution in [0.1, 0.15) is 11.3 Å². The molecule has 0 unspecified atom stereocenters. The number of furan rings is 2. The summed E-state index contributed by atoms with van der Waals surface area (Å²) in [7, 11) is 0. The highest BCUT2D eigenvalue weighted by molar-refractivity contribution is 6.23. The van der Waals surface area contributed by atoms with E-state index in [1.165, 1.54) is 54.6 Å². The van der Waals surface area contributed by atoms with Crippen molar-refractivity contribution < 1.29 is 8.83 Å². The summed E-state index contributed by atoms with van der Waals surface area (Å²) in [6, 6.07) is 64.9. The third-order valence-electron chi connectivity index (χ3n) is 10.9. The molecule has 0 radical (unpaired) electrons. The van der Waals surface area contributed by atoms with Crippen molar-refractivity contribution in [2.24, 2.45) is 0 Å². The maximum Gasteiger partial charge on any atom is 0.136 e. The van der Waals surface area contributed by atoms with Crippen molar-refractivity contribution in [2.45, 2.75) is 0 Å². The monoisotopic (exact) mass is 688 g/mol. The van der Waals surface area contributed by atoms with E-state index in [1.807, 2.05) is 24.3 Å². The molecule has 0 aliphatic carbocycles. The minimum Gasteiger partial charge on any atom is -0.456 e. The van der Waals surface area contributed by atoms with Crippen LogP contribution in [-0.4, -0.2) is 0 Å². The first-order chi connectivity index (χ1) is 26.8. The summed E-state index contributed by atoms with van der Waals surface area (Å²) in [5.74, 6) is 0.812. The number of para-hydroxylation sites is 2. The van der Waals surface area contributed by atoms with Crippen LogP contribution in [0.25, 0.3) is 111 Å². The molecule has 0 atom stereocenters. The summed E-state index contributed by atoms with van der Waals surface area (Å²) in [4.78, 5) is 0. The van der Waals surface area contributed by atoms with Gasteiger partial charge in [0.05, 0.1) is 0 Å². The van der Waals surface area contributed by atoms with Crippen molar-refractivity contribution in [3.8, 4) is 33.4 Å². The highest BCUT2D eigenvalue weighted by Crippen LogP contribution is 2.45. The van der Waals surface area contributed by atoms with E-state index in [4.69, 9.17) is 8.83 Å². The molecule has 0 spiro atoms. The minimum absolute atomic E-state index is 0.812. The molecule has 0 saturated carbocycles. The molecule has 2 aromatic heterocycles. The molecule has 2 heteroatoms. The van der Waals surface area contributed by atoms with Crippen LogP contribution in [0.4, 0.5) is 0 Å². The second-order valence-corrected chi connectivity index (χ2v) is 14.0. The Morgan fingerprint density at radius 1 is 0.315 bits per heavy atom. The van der Waals surface area contributed by atoms with Gasteiger partial charge in [-0.3, -0.25) is 0 Å². The number of rotatable bonds is 5. The van der Waals surface area contributed by atoms with E-state index >= 15 is 0 Å². The zero-order chi connectivity index (χ0) is 35.6. The van der Waals surface area contributed by atoms with E-state index in [0.29, 0.717) is 0 Å². The molecule has 2 heterocycles. The Morgan fingerprint density at radius 3 is 1.63 bits per heavy atom. The first kappa shape index (κ1) is 30.5. The Bertz CT molecular complexity index is 3220. The smallest absolute Gasteiger partial charge is 0.136 e. The van der Waals surface area contributed by atoms with Crippen LogP contribution < -0.4 is 0 Å². The van der Waals surface area contributed by atoms with Gasteiger partial charge in [0.1, 0.15) is 22.5 Å². The highest BCUT2D eigenvalue weighted by Gasteiger charge is 2.19. The van der Waals surface area contributed by atoms with E-state index < -0.39 is 0 Å². The van der Waals surface area contributed by atoms with Gasteiger partial charge in [0.2, 0.25) is 0 Å². The molecule has 54 heavy (non-hydrogen) atoms. The van der Waals surface area contributed by atoms with E-state index in [9.17, 15) is 0 Å². The second-order valence-electron chi connectivity index (χ2n) is 14.0. The summed E-state index contributed by atoms with van der Waals surface area (Å²) in [6.45, 7) is 0. The van der Waals surface area contributed by atoms with Gasteiger partial charge in [-0.1, -0.05) is 158 Å². The lowest BCUT2D eigenvalue weighted by Gasteiger charge is -2.19. The normalized spacial score (nSPS) is 12.0. The SMILES string of the molecule is C(=C\c1oc2ccccc2c1-c1ccc2c(c1)oc1ccccc12)/c1cccc(-c2c3ccccc3c(-c3cccc4ccccc34)c3ccccc23)c1. The first-order valence-corrected chi connectivity index (χ1v) is 18.4. The van der Waals surface area contributed by atoms with Crippen molar-refractivity contribution in [3.05, 3.63) is 193 Å². The first-order valence-electron chi connectivity index (χ1n) is 18.4. The fourth-order valence-electron chi connectivity index (χ4n) is 8.50. The molecule has 9 aromatic carbocycles. The molecule has 0 bridgehead atoms. The van der Waals surface area contributed by atoms with Gasteiger partial charge in [0.25, 0.3) is 0 Å². The summed E-state index contributed by atoms with van der Waals surface area (Å²) in [5.41, 5.74) is 10.8. The fraction of sp³-hybridized carbons (Fsp3) is 0. The fourth-order valence-corrected chi connectivity index (χ4v) is 8.50. The average molecular weight is 689 g/mol. The van der Waals surface area contributed by atoms with E-state index in [2.05, 4.69) is 170 Å². The second kappa shape index (κ2) is 12.2. The van der Waals surface area contributed by atoms with Crippen LogP contribution in [0.2, 0.25) is 0 Å². The third kappa shape index (κ3) is 4.81. The van der Waals surface area contributed by atoms with Gasteiger partial charge in [0.15, 0.2) is 0 Å². The maximum atomic E-state index is 6.54. The molecule has 252 valence electrons. The Balaban J connectivity index is 1.06. The molecule has 2 nitrogen and oxygen atoms in total. The van der Waals surface area contributed by atoms with Crippen LogP contribution >= 0.6 is 0 Å². The van der Waals surface area contributed by atoms with Gasteiger partial charge in [0, 0.05) is 21.7 Å². The largest absolute Gasteiger partial charge is 0.456 e. The quantitative estimate of drug-likeness (QED) is 0.168. The summed E-state index contributed by atoms with van der Waals surface area (Å²) < 4.78 is 12.8. The van der Waals surface area contributed by atoms with E-state index in [0.717, 1.165) is 55.4 Å². The van der Waals surface area contributed by atoms with Crippen LogP contribution in [-0.2, 0) is 0 Å². The zero-order valence-corrected chi connectivity index (χ0v) is 29.3. The van der Waals surface area contributed by atoms with Crippen molar-refractivity contribution in [1.29, 1.82) is 0 Å². The molecule has 0 fully saturated rings. The molecule has 0 N–H and O–H groups in total. The zero-order valence-electron chi connectivity index (χ0n) is 29.3. The predicted molar refractivity (Wildman–Crippen MR) is 228 cm³/mol. The number of hydrogen-bond donors (Lipinski definition) is 0. The Labute approximate surface area is 311 Å². The van der Waals surface area contributed by atoms with Gasteiger partial charge in [-0.2, -0.15) is 0 Å². The van der Waals surface area contributed by atoms with Crippen molar-refractivity contribution in [2.75, 3.05) is 0 Å². The van der Waals surface area contributed by atoms with Crippen LogP contribution in [0.15, 0.2) is 191 Å². The van der Waals surface area contributed by atoms with Gasteiger partial charge in [-0.25, -0.2) is 0 Å². The molecule has 11 aromatic rings. The van der Waals surface area contributed by atoms with E-state index in [-0.39, 0.29) is 0 Å². The average Bonchev–Trinajstić information content (AvgIpc) is 3.80. The Kier molecular flexibility index (Phi) is 6.90. The third-order valence-corrected chi connectivity index (χ3v) is 10.9. The molecular weight excluding hydrogens is 657 g/mol. The number of benzene rings is 9. The molecule has 11 rings (SSSR count). The maximum absolute atomic E-state index is 6.54. The predicted octanol–water partition coefficient (Wildman–Crippen LogP) is 15.0. The van der Waals surface area contributed by atoms with Gasteiger partial charge in [-0.05, 0) is 102 Å². The number of hydrogen-bond acceptors (Lipinski definition) is 2. The Hall–Kier alpha value is -7.16. The molecular formula is C52H32O2. The highest BCUT2D eigenvalue weighted by atomic mass is 16.3. The number of fused-ring (bicyclic) bond motifs is 7. The van der Waals surface area contributed by atoms with Crippen molar-refractivity contribution >= 4 is 77.4 Å². The van der Waals surface area contributed by atoms with Crippen LogP contribution in [0, 0.1) is 0 Å². The summed E-state index contributed by atoms with van der Waals surface area (Å²) >= 11 is 0. The van der Waals surface area contributed by atoms with Gasteiger partial charge in [-0.15, -0.1) is 0 Å². The van der Waals surface area contributed by atoms with Crippen molar-refractivity contribution in [1.82, 2.24) is 0 Å². The molecule has 0 aliphatic heterocycles. The van der Waals surface area contributed by atoms with Gasteiger partial charge < -0.3 is 8.83 Å². The molecule has 0 amide bonds. The molecule has 0 saturated heterocycles. The Morgan fingerprint density at radius 2 is 0.870 bits per heavy atom. The lowest BCUT2D eigenvalue weighted by molar-refractivity contribution is 0.606. The summed E-state index contributed by atoms with van der Waals surface area (Å²) in [5, 5.41) is 10.8. The van der Waals surface area contributed by atoms with Gasteiger partial charge >= 0.3 is 0 Å². The molecule has 0 aliphatic rings. The minimum atomic E-state index is 0.812. The summed E-state index contributed by atoms with van der Waals surface area (Å²) in [6.07, 6.45) is 4.27. The van der Waals surface area contributed by atoms with Crippen LogP contribution in [0.3, 0.4) is 0 Å².